The van der Waals surface area contributed by atoms with Crippen LogP contribution < -0.4 is 0 Å². The molecule has 2 aliphatic rings. The number of amides is 1. The van der Waals surface area contributed by atoms with Gasteiger partial charge in [0.05, 0.1) is 5.92 Å². The zero-order valence-corrected chi connectivity index (χ0v) is 11.3. The van der Waals surface area contributed by atoms with Gasteiger partial charge in [0.25, 0.3) is 0 Å². The van der Waals surface area contributed by atoms with Crippen molar-refractivity contribution in [2.75, 3.05) is 13.1 Å². The SMILES string of the molecule is O=C(O)[C@@H]1CCN(C(=O)[C@H]2C[C@@H]2c2ccc(F)cc2F)C1. The van der Waals surface area contributed by atoms with Gasteiger partial charge < -0.3 is 10.0 Å². The number of benzene rings is 1. The largest absolute Gasteiger partial charge is 0.481 e. The van der Waals surface area contributed by atoms with E-state index < -0.39 is 23.5 Å². The van der Waals surface area contributed by atoms with Gasteiger partial charge in [-0.1, -0.05) is 6.07 Å². The van der Waals surface area contributed by atoms with Crippen LogP contribution in [0.1, 0.15) is 24.3 Å². The van der Waals surface area contributed by atoms with Crippen LogP contribution in [0.15, 0.2) is 18.2 Å². The summed E-state index contributed by atoms with van der Waals surface area (Å²) in [5.41, 5.74) is 0.365. The van der Waals surface area contributed by atoms with Crippen molar-refractivity contribution in [2.45, 2.75) is 18.8 Å². The van der Waals surface area contributed by atoms with Crippen LogP contribution in [0.3, 0.4) is 0 Å². The van der Waals surface area contributed by atoms with E-state index in [4.69, 9.17) is 5.11 Å². The smallest absolute Gasteiger partial charge is 0.308 e. The Morgan fingerprint density at radius 2 is 2.05 bits per heavy atom. The van der Waals surface area contributed by atoms with Crippen molar-refractivity contribution in [1.29, 1.82) is 0 Å². The maximum atomic E-state index is 13.7. The van der Waals surface area contributed by atoms with E-state index in [-0.39, 0.29) is 24.3 Å². The molecule has 2 fully saturated rings. The Morgan fingerprint density at radius 3 is 2.67 bits per heavy atom. The van der Waals surface area contributed by atoms with Crippen molar-refractivity contribution >= 4 is 11.9 Å². The second kappa shape index (κ2) is 5.09. The summed E-state index contributed by atoms with van der Waals surface area (Å²) in [5.74, 6) is -3.30. The highest BCUT2D eigenvalue weighted by Gasteiger charge is 2.48. The highest BCUT2D eigenvalue weighted by Crippen LogP contribution is 2.49. The van der Waals surface area contributed by atoms with E-state index in [2.05, 4.69) is 0 Å². The zero-order valence-electron chi connectivity index (χ0n) is 11.3. The standard InChI is InChI=1S/C15H15F2NO3/c16-9-1-2-10(13(17)5-9)11-6-12(11)14(19)18-4-3-8(7-18)15(20)21/h1-2,5,8,11-12H,3-4,6-7H2,(H,20,21)/t8-,11-,12+/m1/s1. The predicted octanol–water partition coefficient (Wildman–Crippen LogP) is 2.00. The van der Waals surface area contributed by atoms with E-state index in [1.165, 1.54) is 12.1 Å². The number of carboxylic acids is 1. The third-order valence-corrected chi connectivity index (χ3v) is 4.32. The molecule has 0 spiro atoms. The zero-order chi connectivity index (χ0) is 15.1. The second-order valence-corrected chi connectivity index (χ2v) is 5.72. The average Bonchev–Trinajstić information content (AvgIpc) is 3.04. The Bertz CT molecular complexity index is 605. The van der Waals surface area contributed by atoms with Gasteiger partial charge in [-0.05, 0) is 30.4 Å². The summed E-state index contributed by atoms with van der Waals surface area (Å²) in [6, 6.07) is 3.40. The van der Waals surface area contributed by atoms with Crippen molar-refractivity contribution in [1.82, 2.24) is 4.90 Å². The molecule has 3 atom stereocenters. The van der Waals surface area contributed by atoms with E-state index in [1.54, 1.807) is 4.90 Å². The number of hydrogen-bond acceptors (Lipinski definition) is 2. The fourth-order valence-electron chi connectivity index (χ4n) is 3.01. The topological polar surface area (TPSA) is 57.6 Å². The number of aliphatic carboxylic acids is 1. The van der Waals surface area contributed by atoms with Gasteiger partial charge >= 0.3 is 5.97 Å². The van der Waals surface area contributed by atoms with Gasteiger partial charge in [0.15, 0.2) is 0 Å². The van der Waals surface area contributed by atoms with Crippen molar-refractivity contribution in [2.24, 2.45) is 11.8 Å². The molecule has 1 aromatic carbocycles. The van der Waals surface area contributed by atoms with Gasteiger partial charge in [0.1, 0.15) is 11.6 Å². The molecule has 1 aliphatic heterocycles. The highest BCUT2D eigenvalue weighted by atomic mass is 19.1. The van der Waals surface area contributed by atoms with Crippen LogP contribution in [-0.4, -0.2) is 35.0 Å². The number of carbonyl (C=O) groups excluding carboxylic acids is 1. The van der Waals surface area contributed by atoms with E-state index in [0.717, 1.165) is 6.07 Å². The lowest BCUT2D eigenvalue weighted by molar-refractivity contribution is -0.141. The first-order valence-electron chi connectivity index (χ1n) is 6.94. The molecule has 0 radical (unpaired) electrons. The number of carbonyl (C=O) groups is 2. The number of carboxylic acid groups (broad SMARTS) is 1. The van der Waals surface area contributed by atoms with Crippen LogP contribution in [0.5, 0.6) is 0 Å². The van der Waals surface area contributed by atoms with Crippen molar-refractivity contribution in [3.05, 3.63) is 35.4 Å². The molecule has 0 bridgehead atoms. The van der Waals surface area contributed by atoms with Crippen LogP contribution in [0.4, 0.5) is 8.78 Å². The number of rotatable bonds is 3. The third kappa shape index (κ3) is 2.62. The summed E-state index contributed by atoms with van der Waals surface area (Å²) >= 11 is 0. The molecular formula is C15H15F2NO3. The lowest BCUT2D eigenvalue weighted by atomic mass is 10.1. The van der Waals surface area contributed by atoms with E-state index >= 15 is 0 Å². The molecule has 21 heavy (non-hydrogen) atoms. The van der Waals surface area contributed by atoms with Gasteiger partial charge in [-0.3, -0.25) is 9.59 Å². The molecule has 1 saturated carbocycles. The fraction of sp³-hybridized carbons (Fsp3) is 0.467. The first-order chi connectivity index (χ1) is 9.97. The van der Waals surface area contributed by atoms with E-state index in [0.29, 0.717) is 24.9 Å². The second-order valence-electron chi connectivity index (χ2n) is 5.72. The minimum absolute atomic E-state index is 0.118. The quantitative estimate of drug-likeness (QED) is 0.928. The van der Waals surface area contributed by atoms with Crippen LogP contribution in [0.25, 0.3) is 0 Å². The summed E-state index contributed by atoms with van der Waals surface area (Å²) in [5, 5.41) is 8.94. The first kappa shape index (κ1) is 14.0. The lowest BCUT2D eigenvalue weighted by Gasteiger charge is -2.15. The van der Waals surface area contributed by atoms with Gasteiger partial charge in [-0.15, -0.1) is 0 Å². The molecule has 4 nitrogen and oxygen atoms in total. The molecule has 3 rings (SSSR count). The Balaban J connectivity index is 1.65. The third-order valence-electron chi connectivity index (χ3n) is 4.32. The highest BCUT2D eigenvalue weighted by molar-refractivity contribution is 5.84. The number of likely N-dealkylation sites (tertiary alicyclic amines) is 1. The molecule has 6 heteroatoms. The number of nitrogens with zero attached hydrogens (tertiary/aromatic N) is 1. The summed E-state index contributed by atoms with van der Waals surface area (Å²) in [6.45, 7) is 0.661. The van der Waals surface area contributed by atoms with Gasteiger partial charge in [-0.2, -0.15) is 0 Å². The Hall–Kier alpha value is -1.98. The maximum Gasteiger partial charge on any atom is 0.308 e. The summed E-state index contributed by atoms with van der Waals surface area (Å²) in [6.07, 6.45) is 0.999. The van der Waals surface area contributed by atoms with Crippen LogP contribution in [-0.2, 0) is 9.59 Å². The number of halogens is 2. The number of hydrogen-bond donors (Lipinski definition) is 1. The molecule has 1 saturated heterocycles. The lowest BCUT2D eigenvalue weighted by Crippen LogP contribution is -2.31. The summed E-state index contributed by atoms with van der Waals surface area (Å²) in [7, 11) is 0. The minimum atomic E-state index is -0.887. The van der Waals surface area contributed by atoms with Gasteiger partial charge in [0, 0.05) is 25.1 Å². The monoisotopic (exact) mass is 295 g/mol. The minimum Gasteiger partial charge on any atom is -0.481 e. The molecule has 1 aliphatic carbocycles. The van der Waals surface area contributed by atoms with Crippen molar-refractivity contribution in [3.8, 4) is 0 Å². The molecular weight excluding hydrogens is 280 g/mol. The van der Waals surface area contributed by atoms with Gasteiger partial charge in [0.2, 0.25) is 5.91 Å². The Kier molecular flexibility index (Phi) is 3.39. The Morgan fingerprint density at radius 1 is 1.29 bits per heavy atom. The predicted molar refractivity (Wildman–Crippen MR) is 69.5 cm³/mol. The summed E-state index contributed by atoms with van der Waals surface area (Å²) < 4.78 is 26.6. The molecule has 112 valence electrons. The van der Waals surface area contributed by atoms with Crippen LogP contribution in [0, 0.1) is 23.5 Å². The van der Waals surface area contributed by atoms with Crippen molar-refractivity contribution in [3.63, 3.8) is 0 Å². The maximum absolute atomic E-state index is 13.7. The average molecular weight is 295 g/mol. The van der Waals surface area contributed by atoms with Crippen molar-refractivity contribution < 1.29 is 23.5 Å². The molecule has 1 amide bonds. The van der Waals surface area contributed by atoms with Crippen LogP contribution in [0.2, 0.25) is 0 Å². The van der Waals surface area contributed by atoms with Crippen LogP contribution >= 0.6 is 0 Å². The van der Waals surface area contributed by atoms with E-state index in [1.807, 2.05) is 0 Å². The van der Waals surface area contributed by atoms with E-state index in [9.17, 15) is 18.4 Å². The molecule has 1 heterocycles. The molecule has 0 aromatic heterocycles. The normalized spacial score (nSPS) is 27.7. The Labute approximate surface area is 120 Å². The molecule has 1 aromatic rings. The van der Waals surface area contributed by atoms with Gasteiger partial charge in [-0.25, -0.2) is 8.78 Å². The fourth-order valence-corrected chi connectivity index (χ4v) is 3.01. The first-order valence-corrected chi connectivity index (χ1v) is 6.94. The molecule has 0 unspecified atom stereocenters. The molecule has 1 N–H and O–H groups in total. The summed E-state index contributed by atoms with van der Waals surface area (Å²) in [4.78, 5) is 24.7.